The first-order chi connectivity index (χ1) is 11.1. The van der Waals surface area contributed by atoms with E-state index in [1.807, 2.05) is 11.8 Å². The summed E-state index contributed by atoms with van der Waals surface area (Å²) >= 11 is 2.03. The second-order valence-electron chi connectivity index (χ2n) is 6.53. The van der Waals surface area contributed by atoms with Gasteiger partial charge in [0.2, 0.25) is 0 Å². The van der Waals surface area contributed by atoms with Crippen LogP contribution in [0.4, 0.5) is 0 Å². The Labute approximate surface area is 147 Å². The van der Waals surface area contributed by atoms with Gasteiger partial charge in [-0.25, -0.2) is 0 Å². The van der Waals surface area contributed by atoms with Gasteiger partial charge in [-0.3, -0.25) is 0 Å². The minimum atomic E-state index is -0.264. The average molecular weight is 345 g/mol. The molecule has 124 valence electrons. The molecule has 0 spiro atoms. The van der Waals surface area contributed by atoms with Crippen LogP contribution in [0.5, 0.6) is 0 Å². The maximum Gasteiger partial charge on any atom is 0.00755 e. The van der Waals surface area contributed by atoms with E-state index in [-0.39, 0.29) is 7.92 Å². The summed E-state index contributed by atoms with van der Waals surface area (Å²) in [5, 5.41) is 6.57. The van der Waals surface area contributed by atoms with Crippen molar-refractivity contribution in [3.8, 4) is 0 Å². The van der Waals surface area contributed by atoms with Crippen LogP contribution in [0, 0.1) is 0 Å². The lowest BCUT2D eigenvalue weighted by Gasteiger charge is -2.20. The molecule has 0 aliphatic heterocycles. The highest BCUT2D eigenvalue weighted by atomic mass is 32.2. The first kappa shape index (κ1) is 18.5. The van der Waals surface area contributed by atoms with Gasteiger partial charge in [-0.2, -0.15) is 11.8 Å². The van der Waals surface area contributed by atoms with Gasteiger partial charge in [0.15, 0.2) is 0 Å². The highest BCUT2D eigenvalue weighted by Crippen LogP contribution is 2.32. The molecule has 0 saturated heterocycles. The van der Waals surface area contributed by atoms with Crippen molar-refractivity contribution >= 4 is 30.3 Å². The van der Waals surface area contributed by atoms with Crippen LogP contribution in [0.1, 0.15) is 20.8 Å². The summed E-state index contributed by atoms with van der Waals surface area (Å²) in [5.74, 6) is 1.18. The minimum absolute atomic E-state index is 0.264. The maximum absolute atomic E-state index is 3.62. The van der Waals surface area contributed by atoms with Crippen molar-refractivity contribution in [1.82, 2.24) is 5.32 Å². The van der Waals surface area contributed by atoms with Gasteiger partial charge >= 0.3 is 0 Å². The molecule has 0 radical (unpaired) electrons. The number of benzene rings is 2. The van der Waals surface area contributed by atoms with E-state index in [2.05, 4.69) is 86.8 Å². The Balaban J connectivity index is 1.87. The van der Waals surface area contributed by atoms with Crippen molar-refractivity contribution in [1.29, 1.82) is 0 Å². The zero-order chi connectivity index (χ0) is 16.5. The zero-order valence-electron chi connectivity index (χ0n) is 14.5. The first-order valence-corrected chi connectivity index (χ1v) is 10.8. The Hall–Kier alpha value is -0.820. The highest BCUT2D eigenvalue weighted by molar-refractivity contribution is 8.00. The van der Waals surface area contributed by atoms with Crippen LogP contribution >= 0.6 is 19.7 Å². The third kappa shape index (κ3) is 7.08. The molecule has 23 heavy (non-hydrogen) atoms. The molecule has 1 nitrogen and oxygen atoms in total. The summed E-state index contributed by atoms with van der Waals surface area (Å²) in [5.41, 5.74) is 0. The van der Waals surface area contributed by atoms with Crippen molar-refractivity contribution in [2.45, 2.75) is 25.5 Å². The fraction of sp³-hybridized carbons (Fsp3) is 0.400. The fourth-order valence-corrected chi connectivity index (χ4v) is 5.49. The van der Waals surface area contributed by atoms with E-state index in [0.29, 0.717) is 4.75 Å². The van der Waals surface area contributed by atoms with Crippen LogP contribution in [0.25, 0.3) is 0 Å². The molecule has 0 unspecified atom stereocenters. The lowest BCUT2D eigenvalue weighted by molar-refractivity contribution is 0.759. The van der Waals surface area contributed by atoms with Gasteiger partial charge in [0.05, 0.1) is 0 Å². The van der Waals surface area contributed by atoms with E-state index in [9.17, 15) is 0 Å². The van der Waals surface area contributed by atoms with Crippen LogP contribution in [0.3, 0.4) is 0 Å². The van der Waals surface area contributed by atoms with E-state index in [0.717, 1.165) is 13.1 Å². The van der Waals surface area contributed by atoms with Crippen LogP contribution < -0.4 is 15.9 Å². The molecule has 0 amide bonds. The van der Waals surface area contributed by atoms with E-state index in [4.69, 9.17) is 0 Å². The summed E-state index contributed by atoms with van der Waals surface area (Å²) in [6.07, 6.45) is 1.20. The molecule has 0 aromatic heterocycles. The summed E-state index contributed by atoms with van der Waals surface area (Å²) in [7, 11) is -0.264. The standard InChI is InChI=1S/C20H28NPS/c1-20(2,3)23-17-15-21-14-16-22(18-10-6-4-7-11-18)19-12-8-5-9-13-19/h4-13,21H,14-17H2,1-3H3. The predicted octanol–water partition coefficient (Wildman–Crippen LogP) is 4.24. The van der Waals surface area contributed by atoms with E-state index < -0.39 is 0 Å². The average Bonchev–Trinajstić information content (AvgIpc) is 2.55. The second-order valence-corrected chi connectivity index (χ2v) is 10.8. The van der Waals surface area contributed by atoms with Crippen LogP contribution in [0.15, 0.2) is 60.7 Å². The molecule has 0 aliphatic rings. The van der Waals surface area contributed by atoms with Gasteiger partial charge in [0.1, 0.15) is 0 Å². The number of hydrogen-bond acceptors (Lipinski definition) is 2. The molecule has 0 saturated carbocycles. The Morgan fingerprint density at radius 3 is 1.83 bits per heavy atom. The van der Waals surface area contributed by atoms with Gasteiger partial charge in [0.25, 0.3) is 0 Å². The summed E-state index contributed by atoms with van der Waals surface area (Å²) in [6, 6.07) is 21.9. The first-order valence-electron chi connectivity index (χ1n) is 8.28. The summed E-state index contributed by atoms with van der Waals surface area (Å²) in [4.78, 5) is 0. The van der Waals surface area contributed by atoms with E-state index >= 15 is 0 Å². The third-order valence-electron chi connectivity index (χ3n) is 3.46. The van der Waals surface area contributed by atoms with Crippen molar-refractivity contribution in [3.05, 3.63) is 60.7 Å². The topological polar surface area (TPSA) is 12.0 Å². The van der Waals surface area contributed by atoms with Crippen LogP contribution in [-0.2, 0) is 0 Å². The van der Waals surface area contributed by atoms with Crippen molar-refractivity contribution in [2.24, 2.45) is 0 Å². The van der Waals surface area contributed by atoms with Crippen molar-refractivity contribution in [2.75, 3.05) is 25.0 Å². The lowest BCUT2D eigenvalue weighted by Crippen LogP contribution is -2.25. The van der Waals surface area contributed by atoms with E-state index in [1.54, 1.807) is 0 Å². The monoisotopic (exact) mass is 345 g/mol. The Kier molecular flexibility index (Phi) is 7.62. The quantitative estimate of drug-likeness (QED) is 0.567. The second kappa shape index (κ2) is 9.47. The normalized spacial score (nSPS) is 11.8. The largest absolute Gasteiger partial charge is 0.316 e. The van der Waals surface area contributed by atoms with Gasteiger partial charge in [-0.15, -0.1) is 0 Å². The van der Waals surface area contributed by atoms with Crippen molar-refractivity contribution in [3.63, 3.8) is 0 Å². The molecule has 2 rings (SSSR count). The minimum Gasteiger partial charge on any atom is -0.316 e. The number of nitrogens with one attached hydrogen (secondary N) is 1. The van der Waals surface area contributed by atoms with Gasteiger partial charge in [0, 0.05) is 17.0 Å². The smallest absolute Gasteiger partial charge is 0.00755 e. The molecule has 1 N–H and O–H groups in total. The molecule has 2 aromatic carbocycles. The van der Waals surface area contributed by atoms with Crippen molar-refractivity contribution < 1.29 is 0 Å². The maximum atomic E-state index is 3.62. The zero-order valence-corrected chi connectivity index (χ0v) is 16.2. The van der Waals surface area contributed by atoms with Crippen LogP contribution in [-0.4, -0.2) is 29.8 Å². The summed E-state index contributed by atoms with van der Waals surface area (Å²) < 4.78 is 0.363. The van der Waals surface area contributed by atoms with Gasteiger partial charge < -0.3 is 5.32 Å². The summed E-state index contributed by atoms with van der Waals surface area (Å²) in [6.45, 7) is 9.01. The highest BCUT2D eigenvalue weighted by Gasteiger charge is 2.13. The Morgan fingerprint density at radius 2 is 1.35 bits per heavy atom. The molecule has 0 heterocycles. The van der Waals surface area contributed by atoms with Gasteiger partial charge in [-0.1, -0.05) is 81.4 Å². The molecular formula is C20H28NPS. The lowest BCUT2D eigenvalue weighted by atomic mass is 10.3. The SMILES string of the molecule is CC(C)(C)SCCNCCP(c1ccccc1)c1ccccc1. The fourth-order valence-electron chi connectivity index (χ4n) is 2.37. The molecule has 0 bridgehead atoms. The van der Waals surface area contributed by atoms with Gasteiger partial charge in [-0.05, 0) is 31.2 Å². The molecule has 0 fully saturated rings. The Bertz CT molecular complexity index is 511. The number of rotatable bonds is 8. The number of hydrogen-bond donors (Lipinski definition) is 1. The molecule has 3 heteroatoms. The molecule has 2 aromatic rings. The molecular weight excluding hydrogens is 317 g/mol. The molecule has 0 aliphatic carbocycles. The molecule has 0 atom stereocenters. The number of thioether (sulfide) groups is 1. The predicted molar refractivity (Wildman–Crippen MR) is 109 cm³/mol. The van der Waals surface area contributed by atoms with Crippen LogP contribution in [0.2, 0.25) is 0 Å². The van der Waals surface area contributed by atoms with E-state index in [1.165, 1.54) is 22.5 Å². The Morgan fingerprint density at radius 1 is 0.826 bits per heavy atom. The third-order valence-corrected chi connectivity index (χ3v) is 7.25.